The Morgan fingerprint density at radius 3 is 3.05 bits per heavy atom. The minimum atomic E-state index is -0.0699. The van der Waals surface area contributed by atoms with Crippen LogP contribution in [0.4, 0.5) is 0 Å². The first-order valence-electron chi connectivity index (χ1n) is 6.20. The molecule has 0 saturated heterocycles. The summed E-state index contributed by atoms with van der Waals surface area (Å²) in [5.74, 6) is 5.80. The molecule has 1 amide bonds. The van der Waals surface area contributed by atoms with Gasteiger partial charge >= 0.3 is 0 Å². The van der Waals surface area contributed by atoms with Gasteiger partial charge in [0.2, 0.25) is 0 Å². The fraction of sp³-hybridized carbons (Fsp3) is 0.267. The van der Waals surface area contributed by atoms with Crippen LogP contribution in [0.3, 0.4) is 0 Å². The van der Waals surface area contributed by atoms with Crippen LogP contribution in [0.5, 0.6) is 0 Å². The molecule has 0 radical (unpaired) electrons. The van der Waals surface area contributed by atoms with Gasteiger partial charge in [-0.05, 0) is 40.9 Å². The standard InChI is InChI=1S/C15H15NO2S2/c1-11-8-14(20-13(11)4-2-3-6-17)15(18)16-9-12-5-7-19-10-12/h5,7-8,10,17H,3,6,9H2,1H3,(H,16,18). The zero-order valence-corrected chi connectivity index (χ0v) is 12.7. The number of hydrogen-bond donors (Lipinski definition) is 2. The van der Waals surface area contributed by atoms with Gasteiger partial charge in [-0.25, -0.2) is 0 Å². The van der Waals surface area contributed by atoms with Crippen molar-refractivity contribution in [2.75, 3.05) is 6.61 Å². The third-order valence-corrected chi connectivity index (χ3v) is 4.50. The molecule has 2 heterocycles. The molecule has 0 aliphatic carbocycles. The number of aryl methyl sites for hydroxylation is 1. The monoisotopic (exact) mass is 305 g/mol. The molecule has 2 rings (SSSR count). The third-order valence-electron chi connectivity index (χ3n) is 2.61. The topological polar surface area (TPSA) is 49.3 Å². The van der Waals surface area contributed by atoms with E-state index in [1.807, 2.05) is 29.8 Å². The van der Waals surface area contributed by atoms with Crippen LogP contribution >= 0.6 is 22.7 Å². The molecule has 20 heavy (non-hydrogen) atoms. The van der Waals surface area contributed by atoms with Crippen molar-refractivity contribution >= 4 is 28.6 Å². The van der Waals surface area contributed by atoms with Crippen molar-refractivity contribution in [3.63, 3.8) is 0 Å². The Morgan fingerprint density at radius 1 is 1.50 bits per heavy atom. The molecule has 0 aliphatic rings. The average molecular weight is 305 g/mol. The Bertz CT molecular complexity index is 633. The highest BCUT2D eigenvalue weighted by Gasteiger charge is 2.11. The maximum Gasteiger partial charge on any atom is 0.261 e. The van der Waals surface area contributed by atoms with E-state index in [1.165, 1.54) is 11.3 Å². The lowest BCUT2D eigenvalue weighted by atomic mass is 10.2. The Labute approximate surface area is 126 Å². The first-order chi connectivity index (χ1) is 9.70. The normalized spacial score (nSPS) is 9.90. The molecule has 0 unspecified atom stereocenters. The van der Waals surface area contributed by atoms with Crippen LogP contribution in [0.15, 0.2) is 22.9 Å². The Morgan fingerprint density at radius 2 is 2.35 bits per heavy atom. The molecule has 0 atom stereocenters. The van der Waals surface area contributed by atoms with Crippen molar-refractivity contribution in [3.05, 3.63) is 43.8 Å². The van der Waals surface area contributed by atoms with Gasteiger partial charge in [0, 0.05) is 13.0 Å². The van der Waals surface area contributed by atoms with Crippen LogP contribution < -0.4 is 5.32 Å². The molecule has 0 fully saturated rings. The number of aliphatic hydroxyl groups is 1. The van der Waals surface area contributed by atoms with E-state index in [2.05, 4.69) is 17.2 Å². The second-order valence-electron chi connectivity index (χ2n) is 4.21. The molecule has 5 heteroatoms. The summed E-state index contributed by atoms with van der Waals surface area (Å²) in [5, 5.41) is 15.6. The number of carbonyl (C=O) groups excluding carboxylic acids is 1. The van der Waals surface area contributed by atoms with E-state index in [1.54, 1.807) is 11.3 Å². The highest BCUT2D eigenvalue weighted by atomic mass is 32.1. The van der Waals surface area contributed by atoms with Crippen molar-refractivity contribution in [2.45, 2.75) is 19.9 Å². The summed E-state index contributed by atoms with van der Waals surface area (Å²) in [6, 6.07) is 3.85. The maximum absolute atomic E-state index is 12.0. The molecule has 2 aromatic heterocycles. The molecule has 0 aliphatic heterocycles. The van der Waals surface area contributed by atoms with E-state index >= 15 is 0 Å². The zero-order valence-electron chi connectivity index (χ0n) is 11.1. The van der Waals surface area contributed by atoms with Crippen molar-refractivity contribution in [1.29, 1.82) is 0 Å². The van der Waals surface area contributed by atoms with E-state index in [4.69, 9.17) is 5.11 Å². The Hall–Kier alpha value is -1.61. The van der Waals surface area contributed by atoms with Gasteiger partial charge in [-0.1, -0.05) is 11.8 Å². The second-order valence-corrected chi connectivity index (χ2v) is 6.04. The number of nitrogens with one attached hydrogen (secondary N) is 1. The molecule has 3 nitrogen and oxygen atoms in total. The van der Waals surface area contributed by atoms with Crippen LogP contribution in [-0.4, -0.2) is 17.6 Å². The predicted molar refractivity (Wildman–Crippen MR) is 83.1 cm³/mol. The van der Waals surface area contributed by atoms with Gasteiger partial charge < -0.3 is 10.4 Å². The van der Waals surface area contributed by atoms with Crippen molar-refractivity contribution in [3.8, 4) is 11.8 Å². The highest BCUT2D eigenvalue weighted by molar-refractivity contribution is 7.14. The van der Waals surface area contributed by atoms with E-state index < -0.39 is 0 Å². The van der Waals surface area contributed by atoms with E-state index in [0.717, 1.165) is 16.0 Å². The summed E-state index contributed by atoms with van der Waals surface area (Å²) in [4.78, 5) is 13.6. The summed E-state index contributed by atoms with van der Waals surface area (Å²) < 4.78 is 0. The second kappa shape index (κ2) is 7.25. The predicted octanol–water partition coefficient (Wildman–Crippen LogP) is 2.78. The molecule has 0 aromatic carbocycles. The molecule has 2 N–H and O–H groups in total. The molecular formula is C15H15NO2S2. The minimum Gasteiger partial charge on any atom is -0.395 e. The van der Waals surface area contributed by atoms with Gasteiger partial charge in [0.25, 0.3) is 5.91 Å². The lowest BCUT2D eigenvalue weighted by molar-refractivity contribution is 0.0955. The number of thiophene rings is 2. The molecule has 2 aromatic rings. The van der Waals surface area contributed by atoms with E-state index in [9.17, 15) is 4.79 Å². The summed E-state index contributed by atoms with van der Waals surface area (Å²) in [7, 11) is 0. The van der Waals surface area contributed by atoms with Crippen LogP contribution in [0.1, 0.15) is 32.1 Å². The highest BCUT2D eigenvalue weighted by Crippen LogP contribution is 2.21. The van der Waals surface area contributed by atoms with E-state index in [-0.39, 0.29) is 12.5 Å². The van der Waals surface area contributed by atoms with E-state index in [0.29, 0.717) is 17.8 Å². The summed E-state index contributed by atoms with van der Waals surface area (Å²) in [6.07, 6.45) is 0.455. The number of rotatable bonds is 4. The Balaban J connectivity index is 2.00. The SMILES string of the molecule is Cc1cc(C(=O)NCc2ccsc2)sc1C#CCCO. The molecule has 0 bridgehead atoms. The molecule has 104 valence electrons. The quantitative estimate of drug-likeness (QED) is 0.853. The number of amides is 1. The zero-order chi connectivity index (χ0) is 14.4. The van der Waals surface area contributed by atoms with Gasteiger partial charge in [-0.2, -0.15) is 11.3 Å². The van der Waals surface area contributed by atoms with Crippen LogP contribution in [0, 0.1) is 18.8 Å². The summed E-state index contributed by atoms with van der Waals surface area (Å²) in [5.41, 5.74) is 2.11. The summed E-state index contributed by atoms with van der Waals surface area (Å²) >= 11 is 3.01. The minimum absolute atomic E-state index is 0.0609. The molecule has 0 spiro atoms. The largest absolute Gasteiger partial charge is 0.395 e. The Kier molecular flexibility index (Phi) is 5.36. The lowest BCUT2D eigenvalue weighted by Crippen LogP contribution is -2.21. The van der Waals surface area contributed by atoms with Crippen molar-refractivity contribution < 1.29 is 9.90 Å². The van der Waals surface area contributed by atoms with Gasteiger partial charge in [0.05, 0.1) is 16.4 Å². The summed E-state index contributed by atoms with van der Waals surface area (Å²) in [6.45, 7) is 2.55. The fourth-order valence-corrected chi connectivity index (χ4v) is 3.21. The van der Waals surface area contributed by atoms with Gasteiger partial charge in [0.15, 0.2) is 0 Å². The number of aliphatic hydroxyl groups excluding tert-OH is 1. The molecule has 0 saturated carbocycles. The first kappa shape index (κ1) is 14.8. The smallest absolute Gasteiger partial charge is 0.261 e. The average Bonchev–Trinajstić information content (AvgIpc) is 3.07. The van der Waals surface area contributed by atoms with Crippen LogP contribution in [-0.2, 0) is 6.54 Å². The number of hydrogen-bond acceptors (Lipinski definition) is 4. The maximum atomic E-state index is 12.0. The van der Waals surface area contributed by atoms with Gasteiger partial charge in [-0.3, -0.25) is 4.79 Å². The van der Waals surface area contributed by atoms with Crippen molar-refractivity contribution in [1.82, 2.24) is 5.32 Å². The fourth-order valence-electron chi connectivity index (χ4n) is 1.58. The van der Waals surface area contributed by atoms with Crippen LogP contribution in [0.2, 0.25) is 0 Å². The molecular weight excluding hydrogens is 290 g/mol. The lowest BCUT2D eigenvalue weighted by Gasteiger charge is -2.00. The number of carbonyl (C=O) groups is 1. The first-order valence-corrected chi connectivity index (χ1v) is 7.96. The third kappa shape index (κ3) is 3.94. The van der Waals surface area contributed by atoms with Gasteiger partial charge in [-0.15, -0.1) is 11.3 Å². The van der Waals surface area contributed by atoms with Gasteiger partial charge in [0.1, 0.15) is 0 Å². The van der Waals surface area contributed by atoms with Crippen molar-refractivity contribution in [2.24, 2.45) is 0 Å². The van der Waals surface area contributed by atoms with Crippen LogP contribution in [0.25, 0.3) is 0 Å².